The van der Waals surface area contributed by atoms with Gasteiger partial charge in [-0.3, -0.25) is 4.79 Å². The second-order valence-electron chi connectivity index (χ2n) is 4.56. The molecule has 6 nitrogen and oxygen atoms in total. The van der Waals surface area contributed by atoms with E-state index in [1.807, 2.05) is 6.07 Å². The Morgan fingerprint density at radius 2 is 2.09 bits per heavy atom. The zero-order chi connectivity index (χ0) is 16.6. The van der Waals surface area contributed by atoms with Crippen LogP contribution in [0.15, 0.2) is 40.9 Å². The lowest BCUT2D eigenvalue weighted by Crippen LogP contribution is -2.15. The molecule has 0 unspecified atom stereocenters. The smallest absolute Gasteiger partial charge is 0.315 e. The summed E-state index contributed by atoms with van der Waals surface area (Å²) in [6.45, 7) is 0. The van der Waals surface area contributed by atoms with Crippen molar-refractivity contribution in [3.8, 4) is 17.4 Å². The third-order valence-corrected chi connectivity index (χ3v) is 3.68. The summed E-state index contributed by atoms with van der Waals surface area (Å²) in [7, 11) is 0. The van der Waals surface area contributed by atoms with Crippen molar-refractivity contribution in [2.24, 2.45) is 0 Å². The molecular weight excluding hydrogens is 339 g/mol. The highest BCUT2D eigenvalue weighted by Crippen LogP contribution is 2.31. The van der Waals surface area contributed by atoms with E-state index in [1.54, 1.807) is 24.3 Å². The van der Waals surface area contributed by atoms with E-state index in [9.17, 15) is 4.79 Å². The Balaban J connectivity index is 1.97. The first-order valence-electron chi connectivity index (χ1n) is 6.35. The topological polar surface area (TPSA) is 97.8 Å². The maximum absolute atomic E-state index is 12.3. The average Bonchev–Trinajstić information content (AvgIpc) is 3.13. The number of hydrogen-bond acceptors (Lipinski definition) is 5. The largest absolute Gasteiger partial charge is 0.451 e. The number of carbonyl (C=O) groups is 1. The molecule has 0 atom stereocenters. The third-order valence-electron chi connectivity index (χ3n) is 3.13. The van der Waals surface area contributed by atoms with Crippen molar-refractivity contribution in [1.29, 1.82) is 5.26 Å². The molecule has 0 fully saturated rings. The van der Waals surface area contributed by atoms with Crippen molar-refractivity contribution < 1.29 is 9.21 Å². The fourth-order valence-electron chi connectivity index (χ4n) is 2.00. The van der Waals surface area contributed by atoms with E-state index < -0.39 is 5.91 Å². The number of nitrogens with two attached hydrogens (primary N) is 1. The molecule has 3 aromatic rings. The van der Waals surface area contributed by atoms with Gasteiger partial charge in [0.05, 0.1) is 11.2 Å². The number of carbonyl (C=O) groups excluding carboxylic acids is 1. The number of nitrogens with zero attached hydrogens (tertiary/aromatic N) is 3. The molecule has 0 bridgehead atoms. The lowest BCUT2D eigenvalue weighted by molar-refractivity contribution is 0.0921. The lowest BCUT2D eigenvalue weighted by atomic mass is 10.2. The van der Waals surface area contributed by atoms with Crippen LogP contribution in [0.1, 0.15) is 16.1 Å². The van der Waals surface area contributed by atoms with Crippen LogP contribution in [-0.2, 0) is 0 Å². The standard InChI is InChI=1S/C15H8Cl2N4O2/c16-9-1-2-10(11(17)5-9)12-3-4-13(23-12)15(22)21-14(19)8(6-18)7-20-21/h1-5,7H,19H2. The van der Waals surface area contributed by atoms with Crippen LogP contribution in [0.4, 0.5) is 5.82 Å². The van der Waals surface area contributed by atoms with Gasteiger partial charge in [0.1, 0.15) is 23.2 Å². The molecule has 0 saturated carbocycles. The number of nitrogen functional groups attached to an aromatic ring is 1. The summed E-state index contributed by atoms with van der Waals surface area (Å²) < 4.78 is 6.44. The monoisotopic (exact) mass is 346 g/mol. The normalized spacial score (nSPS) is 10.5. The molecule has 3 rings (SSSR count). The Hall–Kier alpha value is -2.75. The summed E-state index contributed by atoms with van der Waals surface area (Å²) in [6.07, 6.45) is 1.22. The van der Waals surface area contributed by atoms with E-state index in [0.29, 0.717) is 21.4 Å². The Morgan fingerprint density at radius 3 is 2.74 bits per heavy atom. The van der Waals surface area contributed by atoms with Gasteiger partial charge < -0.3 is 10.2 Å². The maximum Gasteiger partial charge on any atom is 0.315 e. The highest BCUT2D eigenvalue weighted by Gasteiger charge is 2.20. The number of hydrogen-bond donors (Lipinski definition) is 1. The zero-order valence-electron chi connectivity index (χ0n) is 11.5. The van der Waals surface area contributed by atoms with Crippen molar-refractivity contribution in [2.75, 3.05) is 5.73 Å². The molecule has 0 aliphatic carbocycles. The molecule has 0 amide bonds. The van der Waals surface area contributed by atoms with Gasteiger partial charge in [-0.25, -0.2) is 0 Å². The van der Waals surface area contributed by atoms with Crippen molar-refractivity contribution in [3.05, 3.63) is 57.9 Å². The zero-order valence-corrected chi connectivity index (χ0v) is 13.0. The van der Waals surface area contributed by atoms with Crippen molar-refractivity contribution in [1.82, 2.24) is 9.78 Å². The molecule has 23 heavy (non-hydrogen) atoms. The number of nitriles is 1. The van der Waals surface area contributed by atoms with Crippen LogP contribution in [0.5, 0.6) is 0 Å². The van der Waals surface area contributed by atoms with Gasteiger partial charge in [-0.1, -0.05) is 23.2 Å². The number of benzene rings is 1. The van der Waals surface area contributed by atoms with Gasteiger partial charge in [0.15, 0.2) is 5.76 Å². The van der Waals surface area contributed by atoms with Gasteiger partial charge in [0.25, 0.3) is 0 Å². The van der Waals surface area contributed by atoms with E-state index in [1.165, 1.54) is 12.3 Å². The van der Waals surface area contributed by atoms with Crippen molar-refractivity contribution in [3.63, 3.8) is 0 Å². The van der Waals surface area contributed by atoms with E-state index >= 15 is 0 Å². The summed E-state index contributed by atoms with van der Waals surface area (Å²) in [5.74, 6) is -0.202. The number of halogens is 2. The minimum Gasteiger partial charge on any atom is -0.451 e. The highest BCUT2D eigenvalue weighted by atomic mass is 35.5. The summed E-state index contributed by atoms with van der Waals surface area (Å²) in [5.41, 5.74) is 6.41. The van der Waals surface area contributed by atoms with Gasteiger partial charge in [-0.05, 0) is 30.3 Å². The molecule has 1 aromatic carbocycles. The van der Waals surface area contributed by atoms with Gasteiger partial charge in [0, 0.05) is 10.6 Å². The van der Waals surface area contributed by atoms with Crippen LogP contribution >= 0.6 is 23.2 Å². The van der Waals surface area contributed by atoms with Gasteiger partial charge in [0.2, 0.25) is 0 Å². The number of anilines is 1. The van der Waals surface area contributed by atoms with Crippen LogP contribution in [0, 0.1) is 11.3 Å². The van der Waals surface area contributed by atoms with E-state index in [-0.39, 0.29) is 17.1 Å². The second kappa shape index (κ2) is 5.80. The lowest BCUT2D eigenvalue weighted by Gasteiger charge is -2.02. The van der Waals surface area contributed by atoms with Gasteiger partial charge in [-0.2, -0.15) is 15.0 Å². The third kappa shape index (κ3) is 2.68. The predicted octanol–water partition coefficient (Wildman–Crippen LogP) is 3.59. The summed E-state index contributed by atoms with van der Waals surface area (Å²) in [6, 6.07) is 9.86. The minimum atomic E-state index is -0.583. The van der Waals surface area contributed by atoms with Crippen LogP contribution < -0.4 is 5.73 Å². The first kappa shape index (κ1) is 15.2. The van der Waals surface area contributed by atoms with Gasteiger partial charge in [-0.15, -0.1) is 0 Å². The predicted molar refractivity (Wildman–Crippen MR) is 85.2 cm³/mol. The Labute approximate surface area is 140 Å². The van der Waals surface area contributed by atoms with E-state index in [0.717, 1.165) is 4.68 Å². The highest BCUT2D eigenvalue weighted by molar-refractivity contribution is 6.36. The summed E-state index contributed by atoms with van der Waals surface area (Å²) in [5, 5.41) is 13.5. The van der Waals surface area contributed by atoms with Crippen LogP contribution in [-0.4, -0.2) is 15.7 Å². The van der Waals surface area contributed by atoms with Crippen molar-refractivity contribution >= 4 is 34.9 Å². The van der Waals surface area contributed by atoms with Crippen molar-refractivity contribution in [2.45, 2.75) is 0 Å². The SMILES string of the molecule is N#Cc1cnn(C(=O)c2ccc(-c3ccc(Cl)cc3Cl)o2)c1N. The summed E-state index contributed by atoms with van der Waals surface area (Å²) in [4.78, 5) is 12.3. The first-order valence-corrected chi connectivity index (χ1v) is 7.10. The van der Waals surface area contributed by atoms with Gasteiger partial charge >= 0.3 is 5.91 Å². The van der Waals surface area contributed by atoms with E-state index in [2.05, 4.69) is 5.10 Å². The van der Waals surface area contributed by atoms with Crippen LogP contribution in [0.2, 0.25) is 10.0 Å². The van der Waals surface area contributed by atoms with E-state index in [4.69, 9.17) is 38.6 Å². The Bertz CT molecular complexity index is 953. The van der Waals surface area contributed by atoms with Crippen LogP contribution in [0.3, 0.4) is 0 Å². The molecule has 114 valence electrons. The fourth-order valence-corrected chi connectivity index (χ4v) is 2.50. The Morgan fingerprint density at radius 1 is 1.30 bits per heavy atom. The molecule has 8 heteroatoms. The minimum absolute atomic E-state index is 0.0188. The molecule has 0 aliphatic heterocycles. The number of rotatable bonds is 2. The summed E-state index contributed by atoms with van der Waals surface area (Å²) >= 11 is 12.0. The fraction of sp³-hybridized carbons (Fsp3) is 0. The Kier molecular flexibility index (Phi) is 3.82. The molecule has 2 aromatic heterocycles. The number of furan rings is 1. The quantitative estimate of drug-likeness (QED) is 0.764. The second-order valence-corrected chi connectivity index (χ2v) is 5.40. The first-order chi connectivity index (χ1) is 11.0. The molecular formula is C15H8Cl2N4O2. The molecule has 0 spiro atoms. The molecule has 0 radical (unpaired) electrons. The molecule has 2 heterocycles. The average molecular weight is 347 g/mol. The number of aromatic nitrogens is 2. The molecule has 0 saturated heterocycles. The molecule has 0 aliphatic rings. The molecule has 2 N–H and O–H groups in total. The maximum atomic E-state index is 12.3. The van der Waals surface area contributed by atoms with Crippen LogP contribution in [0.25, 0.3) is 11.3 Å².